The van der Waals surface area contributed by atoms with Crippen molar-refractivity contribution in [1.82, 2.24) is 0 Å². The lowest BCUT2D eigenvalue weighted by molar-refractivity contribution is -0.144. The number of hydrogen-bond acceptors (Lipinski definition) is 3. The Morgan fingerprint density at radius 2 is 2.38 bits per heavy atom. The highest BCUT2D eigenvalue weighted by Crippen LogP contribution is 2.17. The summed E-state index contributed by atoms with van der Waals surface area (Å²) in [4.78, 5) is 10.7. The van der Waals surface area contributed by atoms with Crippen LogP contribution in [0.1, 0.15) is 19.8 Å². The zero-order valence-electron chi connectivity index (χ0n) is 7.64. The van der Waals surface area contributed by atoms with Crippen molar-refractivity contribution in [1.29, 1.82) is 0 Å². The van der Waals surface area contributed by atoms with Gasteiger partial charge in [0.15, 0.2) is 0 Å². The van der Waals surface area contributed by atoms with Gasteiger partial charge in [0, 0.05) is 6.42 Å². The Labute approximate surface area is 77.7 Å². The van der Waals surface area contributed by atoms with Crippen LogP contribution in [0.25, 0.3) is 0 Å². The molecule has 3 heteroatoms. The highest BCUT2D eigenvalue weighted by molar-refractivity contribution is 5.71. The third-order valence-corrected chi connectivity index (χ3v) is 1.91. The molecule has 1 aliphatic heterocycles. The minimum atomic E-state index is -0.678. The van der Waals surface area contributed by atoms with Gasteiger partial charge in [-0.15, -0.1) is 0 Å². The van der Waals surface area contributed by atoms with Crippen LogP contribution in [0, 0.1) is 0 Å². The summed E-state index contributed by atoms with van der Waals surface area (Å²) >= 11 is 0. The average molecular weight is 182 g/mol. The molecule has 1 aliphatic rings. The van der Waals surface area contributed by atoms with Crippen molar-refractivity contribution in [3.8, 4) is 0 Å². The molecule has 0 aromatic heterocycles. The van der Waals surface area contributed by atoms with Crippen molar-refractivity contribution in [2.24, 2.45) is 0 Å². The molecule has 1 rings (SSSR count). The number of rotatable bonds is 3. The average Bonchev–Trinajstić information content (AvgIpc) is 2.52. The summed E-state index contributed by atoms with van der Waals surface area (Å²) < 4.78 is 4.89. The maximum absolute atomic E-state index is 10.7. The zero-order valence-corrected chi connectivity index (χ0v) is 7.64. The van der Waals surface area contributed by atoms with E-state index < -0.39 is 6.10 Å². The van der Waals surface area contributed by atoms with E-state index in [9.17, 15) is 9.90 Å². The Kier molecular flexibility index (Phi) is 3.71. The highest BCUT2D eigenvalue weighted by Gasteiger charge is 2.27. The molecule has 0 saturated carbocycles. The molecular weight excluding hydrogens is 168 g/mol. The van der Waals surface area contributed by atoms with Crippen LogP contribution in [-0.2, 0) is 9.53 Å². The van der Waals surface area contributed by atoms with E-state index in [1.165, 1.54) is 0 Å². The second kappa shape index (κ2) is 4.82. The number of cyclic esters (lactones) is 1. The number of carbonyl (C=O) groups is 1. The maximum Gasteiger partial charge on any atom is 0.306 e. The molecule has 1 fully saturated rings. The number of esters is 1. The van der Waals surface area contributed by atoms with Crippen molar-refractivity contribution >= 4 is 5.97 Å². The lowest BCUT2D eigenvalue weighted by atomic mass is 10.1. The Morgan fingerprint density at radius 3 is 2.92 bits per heavy atom. The molecule has 0 radical (unpaired) electrons. The number of aliphatic hydroxyl groups excluding tert-OH is 1. The van der Waals surface area contributed by atoms with Crippen molar-refractivity contribution in [3.63, 3.8) is 0 Å². The number of carbonyl (C=O) groups excluding carboxylic acids is 1. The maximum atomic E-state index is 10.7. The van der Waals surface area contributed by atoms with E-state index in [1.54, 1.807) is 12.2 Å². The molecule has 0 amide bonds. The SMILES string of the molecule is C/C=C/C=C\[C@@H](O)[C@H]1CCC(=O)O1. The summed E-state index contributed by atoms with van der Waals surface area (Å²) in [6.45, 7) is 1.90. The van der Waals surface area contributed by atoms with Crippen molar-refractivity contribution < 1.29 is 14.6 Å². The molecule has 0 spiro atoms. The number of allylic oxidation sites excluding steroid dienone is 3. The van der Waals surface area contributed by atoms with Crippen molar-refractivity contribution in [2.45, 2.75) is 32.0 Å². The van der Waals surface area contributed by atoms with Crippen LogP contribution in [0.3, 0.4) is 0 Å². The first-order chi connectivity index (χ1) is 6.24. The highest BCUT2D eigenvalue weighted by atomic mass is 16.6. The molecular formula is C10H14O3. The molecule has 0 aromatic carbocycles. The van der Waals surface area contributed by atoms with Gasteiger partial charge in [0.1, 0.15) is 12.2 Å². The van der Waals surface area contributed by atoms with Gasteiger partial charge >= 0.3 is 5.97 Å². The van der Waals surface area contributed by atoms with Gasteiger partial charge < -0.3 is 9.84 Å². The molecule has 0 unspecified atom stereocenters. The van der Waals surface area contributed by atoms with E-state index >= 15 is 0 Å². The Hall–Kier alpha value is -1.09. The Morgan fingerprint density at radius 1 is 1.62 bits per heavy atom. The van der Waals surface area contributed by atoms with Gasteiger partial charge in [-0.05, 0) is 13.3 Å². The number of ether oxygens (including phenoxy) is 1. The smallest absolute Gasteiger partial charge is 0.306 e. The molecule has 2 atom stereocenters. The van der Waals surface area contributed by atoms with Gasteiger partial charge in [-0.1, -0.05) is 24.3 Å². The summed E-state index contributed by atoms with van der Waals surface area (Å²) in [5.41, 5.74) is 0. The fourth-order valence-corrected chi connectivity index (χ4v) is 1.20. The van der Waals surface area contributed by atoms with Crippen LogP contribution in [0.2, 0.25) is 0 Å². The molecule has 72 valence electrons. The minimum absolute atomic E-state index is 0.219. The molecule has 1 heterocycles. The summed E-state index contributed by atoms with van der Waals surface area (Å²) in [5, 5.41) is 9.50. The lowest BCUT2D eigenvalue weighted by Gasteiger charge is -2.12. The number of aliphatic hydroxyl groups is 1. The van der Waals surface area contributed by atoms with Crippen LogP contribution < -0.4 is 0 Å². The van der Waals surface area contributed by atoms with Crippen LogP contribution in [-0.4, -0.2) is 23.3 Å². The molecule has 13 heavy (non-hydrogen) atoms. The summed E-state index contributed by atoms with van der Waals surface area (Å²) in [7, 11) is 0. The van der Waals surface area contributed by atoms with E-state index in [-0.39, 0.29) is 12.1 Å². The third kappa shape index (κ3) is 3.03. The predicted molar refractivity (Wildman–Crippen MR) is 49.1 cm³/mol. The number of hydrogen-bond donors (Lipinski definition) is 1. The third-order valence-electron chi connectivity index (χ3n) is 1.91. The van der Waals surface area contributed by atoms with E-state index in [0.717, 1.165) is 0 Å². The lowest BCUT2D eigenvalue weighted by Crippen LogP contribution is -2.23. The summed E-state index contributed by atoms with van der Waals surface area (Å²) in [6.07, 6.45) is 7.06. The first kappa shape index (κ1) is 9.99. The van der Waals surface area contributed by atoms with Crippen LogP contribution in [0.4, 0.5) is 0 Å². The molecule has 0 bridgehead atoms. The topological polar surface area (TPSA) is 46.5 Å². The second-order valence-corrected chi connectivity index (χ2v) is 2.97. The quantitative estimate of drug-likeness (QED) is 0.526. The predicted octanol–water partition coefficient (Wildman–Crippen LogP) is 1.19. The monoisotopic (exact) mass is 182 g/mol. The van der Waals surface area contributed by atoms with Gasteiger partial charge in [0.25, 0.3) is 0 Å². The fourth-order valence-electron chi connectivity index (χ4n) is 1.20. The van der Waals surface area contributed by atoms with E-state index in [0.29, 0.717) is 12.8 Å². The van der Waals surface area contributed by atoms with Gasteiger partial charge in [-0.25, -0.2) is 0 Å². The fraction of sp³-hybridized carbons (Fsp3) is 0.500. The molecule has 1 N–H and O–H groups in total. The molecule has 0 aromatic rings. The second-order valence-electron chi connectivity index (χ2n) is 2.97. The summed E-state index contributed by atoms with van der Waals surface area (Å²) in [6, 6.07) is 0. The Bertz CT molecular complexity index is 230. The van der Waals surface area contributed by atoms with Crippen LogP contribution in [0.15, 0.2) is 24.3 Å². The van der Waals surface area contributed by atoms with E-state index in [4.69, 9.17) is 4.74 Å². The molecule has 1 saturated heterocycles. The zero-order chi connectivity index (χ0) is 9.68. The minimum Gasteiger partial charge on any atom is -0.459 e. The normalized spacial score (nSPS) is 25.7. The van der Waals surface area contributed by atoms with E-state index in [2.05, 4.69) is 0 Å². The van der Waals surface area contributed by atoms with Gasteiger partial charge in [0.2, 0.25) is 0 Å². The van der Waals surface area contributed by atoms with Gasteiger partial charge in [-0.3, -0.25) is 4.79 Å². The molecule has 0 aliphatic carbocycles. The van der Waals surface area contributed by atoms with E-state index in [1.807, 2.05) is 19.1 Å². The first-order valence-electron chi connectivity index (χ1n) is 4.41. The Balaban J connectivity index is 2.39. The van der Waals surface area contributed by atoms with Crippen LogP contribution in [0.5, 0.6) is 0 Å². The van der Waals surface area contributed by atoms with Crippen LogP contribution >= 0.6 is 0 Å². The standard InChI is InChI=1S/C10H14O3/c1-2-3-4-5-8(11)9-6-7-10(12)13-9/h2-5,8-9,11H,6-7H2,1H3/b3-2+,5-4-/t8-,9-/m1/s1. The van der Waals surface area contributed by atoms with Crippen molar-refractivity contribution in [2.75, 3.05) is 0 Å². The molecule has 3 nitrogen and oxygen atoms in total. The first-order valence-corrected chi connectivity index (χ1v) is 4.41. The largest absolute Gasteiger partial charge is 0.459 e. The van der Waals surface area contributed by atoms with Gasteiger partial charge in [-0.2, -0.15) is 0 Å². The van der Waals surface area contributed by atoms with Crippen molar-refractivity contribution in [3.05, 3.63) is 24.3 Å². The van der Waals surface area contributed by atoms with Gasteiger partial charge in [0.05, 0.1) is 0 Å². The summed E-state index contributed by atoms with van der Waals surface area (Å²) in [5.74, 6) is -0.219.